The van der Waals surface area contributed by atoms with Crippen molar-refractivity contribution in [3.8, 4) is 11.6 Å². The first-order valence-electron chi connectivity index (χ1n) is 6.71. The van der Waals surface area contributed by atoms with Gasteiger partial charge in [0.1, 0.15) is 16.2 Å². The average Bonchev–Trinajstić information content (AvgIpc) is 2.37. The van der Waals surface area contributed by atoms with Gasteiger partial charge in [-0.25, -0.2) is 4.98 Å². The van der Waals surface area contributed by atoms with Crippen LogP contribution in [0, 0.1) is 0 Å². The molecule has 0 saturated carbocycles. The second-order valence-corrected chi connectivity index (χ2v) is 6.48. The summed E-state index contributed by atoms with van der Waals surface area (Å²) < 4.78 is 6.67. The van der Waals surface area contributed by atoms with Gasteiger partial charge in [0.15, 0.2) is 0 Å². The number of rotatable bonds is 3. The summed E-state index contributed by atoms with van der Waals surface area (Å²) in [5.74, 6) is 2.18. The van der Waals surface area contributed by atoms with Crippen LogP contribution in [-0.4, -0.2) is 9.97 Å². The minimum Gasteiger partial charge on any atom is -0.439 e. The lowest BCUT2D eigenvalue weighted by atomic mass is 9.96. The van der Waals surface area contributed by atoms with Gasteiger partial charge < -0.3 is 4.74 Å². The molecule has 3 nitrogen and oxygen atoms in total. The molecule has 0 atom stereocenters. The Morgan fingerprint density at radius 2 is 1.85 bits per heavy atom. The molecule has 0 aliphatic rings. The van der Waals surface area contributed by atoms with Gasteiger partial charge in [-0.05, 0) is 34.0 Å². The third-order valence-electron chi connectivity index (χ3n) is 2.91. The fraction of sp³-hybridized carbons (Fsp3) is 0.375. The second-order valence-electron chi connectivity index (χ2n) is 5.67. The van der Waals surface area contributed by atoms with Crippen molar-refractivity contribution in [1.82, 2.24) is 9.97 Å². The van der Waals surface area contributed by atoms with E-state index in [1.807, 2.05) is 18.2 Å². The minimum absolute atomic E-state index is 0.119. The maximum Gasteiger partial charge on any atom is 0.223 e. The number of ether oxygens (including phenoxy) is 1. The fourth-order valence-corrected chi connectivity index (χ4v) is 2.16. The summed E-state index contributed by atoms with van der Waals surface area (Å²) in [6.45, 7) is 8.36. The Bertz CT molecular complexity index is 606. The van der Waals surface area contributed by atoms with Gasteiger partial charge in [0.2, 0.25) is 5.88 Å². The predicted octanol–water partition coefficient (Wildman–Crippen LogP) is 4.89. The molecule has 4 heteroatoms. The van der Waals surface area contributed by atoms with Crippen molar-refractivity contribution in [2.24, 2.45) is 0 Å². The number of aryl methyl sites for hydroxylation is 1. The molecular weight excluding hydrogens is 316 g/mol. The Hall–Kier alpha value is -1.42. The zero-order valence-corrected chi connectivity index (χ0v) is 13.9. The van der Waals surface area contributed by atoms with Crippen LogP contribution in [0.5, 0.6) is 11.6 Å². The van der Waals surface area contributed by atoms with Gasteiger partial charge in [0.05, 0.1) is 0 Å². The number of halogens is 1. The van der Waals surface area contributed by atoms with Gasteiger partial charge in [-0.15, -0.1) is 0 Å². The van der Waals surface area contributed by atoms with E-state index in [2.05, 4.69) is 59.7 Å². The van der Waals surface area contributed by atoms with Crippen molar-refractivity contribution in [1.29, 1.82) is 0 Å². The quantitative estimate of drug-likeness (QED) is 0.749. The highest BCUT2D eigenvalue weighted by Crippen LogP contribution is 2.28. The molecular formula is C16H19BrN2O. The Morgan fingerprint density at radius 3 is 2.50 bits per heavy atom. The van der Waals surface area contributed by atoms with Gasteiger partial charge in [0.25, 0.3) is 0 Å². The summed E-state index contributed by atoms with van der Waals surface area (Å²) in [6.07, 6.45) is 0.925. The van der Waals surface area contributed by atoms with Crippen LogP contribution in [0.4, 0.5) is 0 Å². The van der Waals surface area contributed by atoms with E-state index in [1.54, 1.807) is 6.07 Å². The summed E-state index contributed by atoms with van der Waals surface area (Å²) in [6, 6.07) is 9.81. The molecule has 0 bridgehead atoms. The predicted molar refractivity (Wildman–Crippen MR) is 84.3 cm³/mol. The minimum atomic E-state index is -0.119. The van der Waals surface area contributed by atoms with E-state index in [-0.39, 0.29) is 5.41 Å². The lowest BCUT2D eigenvalue weighted by molar-refractivity contribution is 0.440. The Balaban J connectivity index is 2.36. The first-order valence-corrected chi connectivity index (χ1v) is 7.50. The number of para-hydroxylation sites is 1. The van der Waals surface area contributed by atoms with Crippen LogP contribution in [0.3, 0.4) is 0 Å². The summed E-state index contributed by atoms with van der Waals surface area (Å²) in [5.41, 5.74) is 1.05. The molecule has 0 saturated heterocycles. The molecule has 0 spiro atoms. The molecule has 1 heterocycles. The summed E-state index contributed by atoms with van der Waals surface area (Å²) in [4.78, 5) is 8.93. The molecule has 0 radical (unpaired) electrons. The number of benzene rings is 1. The lowest BCUT2D eigenvalue weighted by Gasteiger charge is -2.18. The zero-order chi connectivity index (χ0) is 14.8. The topological polar surface area (TPSA) is 35.0 Å². The highest BCUT2D eigenvalue weighted by atomic mass is 79.9. The molecule has 0 N–H and O–H groups in total. The molecule has 20 heavy (non-hydrogen) atoms. The zero-order valence-electron chi connectivity index (χ0n) is 12.3. The van der Waals surface area contributed by atoms with Crippen molar-refractivity contribution in [3.05, 3.63) is 46.3 Å². The first-order chi connectivity index (χ1) is 9.40. The van der Waals surface area contributed by atoms with E-state index in [0.29, 0.717) is 5.88 Å². The third-order valence-corrected chi connectivity index (χ3v) is 3.32. The van der Waals surface area contributed by atoms with Crippen molar-refractivity contribution in [2.75, 3.05) is 0 Å². The SMILES string of the molecule is CCc1ccccc1Oc1cc(Br)nc(C(C)(C)C)n1. The van der Waals surface area contributed by atoms with Crippen LogP contribution >= 0.6 is 15.9 Å². The number of hydrogen-bond donors (Lipinski definition) is 0. The lowest BCUT2D eigenvalue weighted by Crippen LogP contribution is -2.16. The van der Waals surface area contributed by atoms with Crippen LogP contribution in [0.25, 0.3) is 0 Å². The van der Waals surface area contributed by atoms with Gasteiger partial charge in [-0.1, -0.05) is 45.9 Å². The van der Waals surface area contributed by atoms with Crippen molar-refractivity contribution < 1.29 is 4.74 Å². The van der Waals surface area contributed by atoms with Crippen LogP contribution < -0.4 is 4.74 Å². The molecule has 2 aromatic rings. The van der Waals surface area contributed by atoms with Gasteiger partial charge in [-0.2, -0.15) is 4.98 Å². The highest BCUT2D eigenvalue weighted by Gasteiger charge is 2.19. The second kappa shape index (κ2) is 5.92. The average molecular weight is 335 g/mol. The van der Waals surface area contributed by atoms with Gasteiger partial charge in [-0.3, -0.25) is 0 Å². The van der Waals surface area contributed by atoms with E-state index in [1.165, 1.54) is 5.56 Å². The molecule has 0 aliphatic carbocycles. The molecule has 1 aromatic heterocycles. The number of aromatic nitrogens is 2. The standard InChI is InChI=1S/C16H19BrN2O/c1-5-11-8-6-7-9-12(11)20-14-10-13(17)18-15(19-14)16(2,3)4/h6-10H,5H2,1-4H3. The summed E-state index contributed by atoms with van der Waals surface area (Å²) >= 11 is 3.42. The highest BCUT2D eigenvalue weighted by molar-refractivity contribution is 9.10. The fourth-order valence-electron chi connectivity index (χ4n) is 1.79. The molecule has 2 rings (SSSR count). The Labute approximate surface area is 128 Å². The molecule has 106 valence electrons. The number of hydrogen-bond acceptors (Lipinski definition) is 3. The molecule has 0 fully saturated rings. The van der Waals surface area contributed by atoms with E-state index >= 15 is 0 Å². The number of nitrogens with zero attached hydrogens (tertiary/aromatic N) is 2. The molecule has 1 aromatic carbocycles. The summed E-state index contributed by atoms with van der Waals surface area (Å²) in [5, 5.41) is 0. The van der Waals surface area contributed by atoms with Gasteiger partial charge in [0, 0.05) is 11.5 Å². The van der Waals surface area contributed by atoms with E-state index in [4.69, 9.17) is 4.74 Å². The van der Waals surface area contributed by atoms with E-state index < -0.39 is 0 Å². The molecule has 0 amide bonds. The van der Waals surface area contributed by atoms with Crippen LogP contribution in [0.1, 0.15) is 39.1 Å². The molecule has 0 aliphatic heterocycles. The Kier molecular flexibility index (Phi) is 4.43. The van der Waals surface area contributed by atoms with Crippen molar-refractivity contribution in [3.63, 3.8) is 0 Å². The van der Waals surface area contributed by atoms with Crippen LogP contribution in [0.15, 0.2) is 34.9 Å². The Morgan fingerprint density at radius 1 is 1.15 bits per heavy atom. The monoisotopic (exact) mass is 334 g/mol. The van der Waals surface area contributed by atoms with E-state index in [0.717, 1.165) is 22.6 Å². The largest absolute Gasteiger partial charge is 0.439 e. The van der Waals surface area contributed by atoms with Gasteiger partial charge >= 0.3 is 0 Å². The first kappa shape index (κ1) is 15.0. The van der Waals surface area contributed by atoms with E-state index in [9.17, 15) is 0 Å². The third kappa shape index (κ3) is 3.57. The maximum atomic E-state index is 5.94. The van der Waals surface area contributed by atoms with Crippen LogP contribution in [-0.2, 0) is 11.8 Å². The van der Waals surface area contributed by atoms with Crippen molar-refractivity contribution >= 4 is 15.9 Å². The molecule has 0 unspecified atom stereocenters. The van der Waals surface area contributed by atoms with Crippen molar-refractivity contribution in [2.45, 2.75) is 39.5 Å². The normalized spacial score (nSPS) is 11.4. The smallest absolute Gasteiger partial charge is 0.223 e. The van der Waals surface area contributed by atoms with Crippen LogP contribution in [0.2, 0.25) is 0 Å². The maximum absolute atomic E-state index is 5.94. The summed E-state index contributed by atoms with van der Waals surface area (Å²) in [7, 11) is 0.